The monoisotopic (exact) mass is 317 g/mol. The van der Waals surface area contributed by atoms with Gasteiger partial charge in [0, 0.05) is 10.2 Å². The van der Waals surface area contributed by atoms with Gasteiger partial charge >= 0.3 is 0 Å². The van der Waals surface area contributed by atoms with Gasteiger partial charge in [-0.2, -0.15) is 0 Å². The van der Waals surface area contributed by atoms with E-state index in [-0.39, 0.29) is 5.91 Å². The minimum absolute atomic E-state index is 0.0169. The summed E-state index contributed by atoms with van der Waals surface area (Å²) in [6, 6.07) is 15.7. The Balaban J connectivity index is 2.03. The molecule has 2 aromatic rings. The Morgan fingerprint density at radius 1 is 1.11 bits per heavy atom. The first-order valence-corrected chi connectivity index (χ1v) is 7.10. The summed E-state index contributed by atoms with van der Waals surface area (Å²) < 4.78 is 1.02. The molecule has 0 unspecified atom stereocenters. The predicted octanol–water partition coefficient (Wildman–Crippen LogP) is 4.19. The highest BCUT2D eigenvalue weighted by Crippen LogP contribution is 2.16. The molecule has 2 aromatic carbocycles. The van der Waals surface area contributed by atoms with E-state index in [1.165, 1.54) is 0 Å². The average molecular weight is 318 g/mol. The predicted molar refractivity (Wildman–Crippen MR) is 82.3 cm³/mol. The molecule has 0 atom stereocenters. The zero-order chi connectivity index (χ0) is 13.7. The van der Waals surface area contributed by atoms with Gasteiger partial charge in [-0.25, -0.2) is 0 Å². The van der Waals surface area contributed by atoms with Gasteiger partial charge < -0.3 is 5.32 Å². The van der Waals surface area contributed by atoms with E-state index >= 15 is 0 Å². The molecule has 0 heterocycles. The van der Waals surface area contributed by atoms with E-state index in [1.807, 2.05) is 48.5 Å². The molecule has 1 N–H and O–H groups in total. The van der Waals surface area contributed by atoms with Crippen LogP contribution in [0.25, 0.3) is 0 Å². The molecule has 1 amide bonds. The van der Waals surface area contributed by atoms with Crippen molar-refractivity contribution in [1.82, 2.24) is 0 Å². The normalized spacial score (nSPS) is 10.2. The van der Waals surface area contributed by atoms with Gasteiger partial charge in [-0.05, 0) is 35.7 Å². The van der Waals surface area contributed by atoms with Crippen LogP contribution in [0, 0.1) is 0 Å². The Morgan fingerprint density at radius 3 is 2.47 bits per heavy atom. The lowest BCUT2D eigenvalue weighted by molar-refractivity contribution is -0.115. The van der Waals surface area contributed by atoms with Gasteiger partial charge in [-0.1, -0.05) is 53.2 Å². The lowest BCUT2D eigenvalue weighted by atomic mass is 10.1. The quantitative estimate of drug-likeness (QED) is 0.900. The maximum Gasteiger partial charge on any atom is 0.228 e. The van der Waals surface area contributed by atoms with Gasteiger partial charge in [0.2, 0.25) is 5.91 Å². The average Bonchev–Trinajstić information content (AvgIpc) is 2.42. The smallest absolute Gasteiger partial charge is 0.228 e. The van der Waals surface area contributed by atoms with Crippen molar-refractivity contribution in [3.63, 3.8) is 0 Å². The summed E-state index contributed by atoms with van der Waals surface area (Å²) in [5.74, 6) is 0.0169. The molecule has 0 aromatic heterocycles. The number of nitrogens with one attached hydrogen (secondary N) is 1. The maximum absolute atomic E-state index is 12.0. The van der Waals surface area contributed by atoms with E-state index < -0.39 is 0 Å². The summed E-state index contributed by atoms with van der Waals surface area (Å²) >= 11 is 3.38. The number of amides is 1. The number of halogens is 1. The van der Waals surface area contributed by atoms with Crippen molar-refractivity contribution in [3.8, 4) is 0 Å². The summed E-state index contributed by atoms with van der Waals surface area (Å²) in [6.07, 6.45) is 1.31. The third-order valence-corrected chi connectivity index (χ3v) is 3.48. The first kappa shape index (κ1) is 13.8. The van der Waals surface area contributed by atoms with Crippen molar-refractivity contribution >= 4 is 27.5 Å². The minimum Gasteiger partial charge on any atom is -0.326 e. The van der Waals surface area contributed by atoms with Crippen molar-refractivity contribution in [2.45, 2.75) is 19.8 Å². The lowest BCUT2D eigenvalue weighted by Crippen LogP contribution is -2.15. The molecule has 0 bridgehead atoms. The molecule has 0 aliphatic rings. The number of carbonyl (C=O) groups is 1. The summed E-state index contributed by atoms with van der Waals surface area (Å²) in [5, 5.41) is 2.97. The molecule has 3 heteroatoms. The van der Waals surface area contributed by atoms with Crippen LogP contribution in [0.15, 0.2) is 53.0 Å². The van der Waals surface area contributed by atoms with Crippen molar-refractivity contribution < 1.29 is 4.79 Å². The van der Waals surface area contributed by atoms with Gasteiger partial charge in [-0.15, -0.1) is 0 Å². The third-order valence-electron chi connectivity index (χ3n) is 2.95. The fourth-order valence-electron chi connectivity index (χ4n) is 1.93. The molecule has 2 nitrogen and oxygen atoms in total. The summed E-state index contributed by atoms with van der Waals surface area (Å²) in [6.45, 7) is 2.08. The molecule has 0 saturated carbocycles. The molecule has 0 aliphatic carbocycles. The Labute approximate surface area is 122 Å². The van der Waals surface area contributed by atoms with Gasteiger partial charge in [0.25, 0.3) is 0 Å². The molecule has 0 fully saturated rings. The van der Waals surface area contributed by atoms with Gasteiger partial charge in [0.15, 0.2) is 0 Å². The standard InChI is InChI=1S/C16H16BrNO/c1-2-13-5-3-4-6-15(13)18-16(19)11-12-7-9-14(17)10-8-12/h3-10H,2,11H2,1H3,(H,18,19). The zero-order valence-corrected chi connectivity index (χ0v) is 12.4. The Kier molecular flexibility index (Phi) is 4.74. The van der Waals surface area contributed by atoms with Crippen LogP contribution in [0.2, 0.25) is 0 Å². The first-order valence-electron chi connectivity index (χ1n) is 6.31. The van der Waals surface area contributed by atoms with Gasteiger partial charge in [0.1, 0.15) is 0 Å². The Hall–Kier alpha value is -1.61. The topological polar surface area (TPSA) is 29.1 Å². The number of aryl methyl sites for hydroxylation is 1. The highest BCUT2D eigenvalue weighted by atomic mass is 79.9. The number of hydrogen-bond acceptors (Lipinski definition) is 1. The van der Waals surface area contributed by atoms with E-state index in [4.69, 9.17) is 0 Å². The molecule has 2 rings (SSSR count). The number of rotatable bonds is 4. The fourth-order valence-corrected chi connectivity index (χ4v) is 2.20. The summed E-state index contributed by atoms with van der Waals surface area (Å²) in [4.78, 5) is 12.0. The first-order chi connectivity index (χ1) is 9.19. The minimum atomic E-state index is 0.0169. The van der Waals surface area contributed by atoms with E-state index in [1.54, 1.807) is 0 Å². The highest BCUT2D eigenvalue weighted by molar-refractivity contribution is 9.10. The summed E-state index contributed by atoms with van der Waals surface area (Å²) in [7, 11) is 0. The number of carbonyl (C=O) groups excluding carboxylic acids is 1. The summed E-state index contributed by atoms with van der Waals surface area (Å²) in [5.41, 5.74) is 3.08. The van der Waals surface area contributed by atoms with Crippen LogP contribution in [0.4, 0.5) is 5.69 Å². The second-order valence-electron chi connectivity index (χ2n) is 4.36. The number of anilines is 1. The van der Waals surface area contributed by atoms with Crippen molar-refractivity contribution in [1.29, 1.82) is 0 Å². The Morgan fingerprint density at radius 2 is 1.79 bits per heavy atom. The molecule has 19 heavy (non-hydrogen) atoms. The molecule has 98 valence electrons. The van der Waals surface area contributed by atoms with Crippen molar-refractivity contribution in [2.24, 2.45) is 0 Å². The van der Waals surface area contributed by atoms with Crippen LogP contribution in [0.5, 0.6) is 0 Å². The fraction of sp³-hybridized carbons (Fsp3) is 0.188. The van der Waals surface area contributed by atoms with Gasteiger partial charge in [0.05, 0.1) is 6.42 Å². The van der Waals surface area contributed by atoms with Crippen LogP contribution in [0.3, 0.4) is 0 Å². The number of hydrogen-bond donors (Lipinski definition) is 1. The van der Waals surface area contributed by atoms with Gasteiger partial charge in [-0.3, -0.25) is 4.79 Å². The van der Waals surface area contributed by atoms with E-state index in [9.17, 15) is 4.79 Å². The second kappa shape index (κ2) is 6.53. The SMILES string of the molecule is CCc1ccccc1NC(=O)Cc1ccc(Br)cc1. The van der Waals surface area contributed by atoms with E-state index in [2.05, 4.69) is 28.2 Å². The molecule has 0 aliphatic heterocycles. The largest absolute Gasteiger partial charge is 0.326 e. The highest BCUT2D eigenvalue weighted by Gasteiger charge is 2.06. The molecule has 0 radical (unpaired) electrons. The van der Waals surface area contributed by atoms with E-state index in [0.29, 0.717) is 6.42 Å². The van der Waals surface area contributed by atoms with Crippen LogP contribution in [0.1, 0.15) is 18.1 Å². The van der Waals surface area contributed by atoms with Crippen LogP contribution in [-0.4, -0.2) is 5.91 Å². The molecular weight excluding hydrogens is 302 g/mol. The third kappa shape index (κ3) is 3.93. The van der Waals surface area contributed by atoms with E-state index in [0.717, 1.165) is 27.7 Å². The molecule has 0 spiro atoms. The number of para-hydroxylation sites is 1. The van der Waals surface area contributed by atoms with Crippen LogP contribution in [-0.2, 0) is 17.6 Å². The Bertz CT molecular complexity index is 563. The number of benzene rings is 2. The molecule has 0 saturated heterocycles. The maximum atomic E-state index is 12.0. The van der Waals surface area contributed by atoms with Crippen molar-refractivity contribution in [3.05, 3.63) is 64.1 Å². The second-order valence-corrected chi connectivity index (χ2v) is 5.28. The van der Waals surface area contributed by atoms with Crippen LogP contribution < -0.4 is 5.32 Å². The zero-order valence-electron chi connectivity index (χ0n) is 10.8. The van der Waals surface area contributed by atoms with Crippen LogP contribution >= 0.6 is 15.9 Å². The van der Waals surface area contributed by atoms with Crippen molar-refractivity contribution in [2.75, 3.05) is 5.32 Å². The lowest BCUT2D eigenvalue weighted by Gasteiger charge is -2.09. The molecular formula is C16H16BrNO.